The maximum Gasteiger partial charge on any atom is 0.335 e. The highest BCUT2D eigenvalue weighted by atomic mass is 28.1. The van der Waals surface area contributed by atoms with Gasteiger partial charge in [-0.3, -0.25) is 0 Å². The van der Waals surface area contributed by atoms with E-state index in [1.807, 2.05) is 0 Å². The lowest BCUT2D eigenvalue weighted by Gasteiger charge is -2.01. The number of carbonyl (C=O) groups is 4. The number of phenols is 12. The highest BCUT2D eigenvalue weighted by Crippen LogP contribution is 2.37. The average molecular weight is 713 g/mol. The maximum absolute atomic E-state index is 10.3. The van der Waals surface area contributed by atoms with Crippen LogP contribution < -0.4 is 0 Å². The second kappa shape index (κ2) is 17.3. The predicted octanol–water partition coefficient (Wildman–Crippen LogP) is 0.555. The van der Waals surface area contributed by atoms with Crippen LogP contribution in [0, 0.1) is 0 Å². The van der Waals surface area contributed by atoms with E-state index in [2.05, 4.69) is 0 Å². The van der Waals surface area contributed by atoms with Crippen molar-refractivity contribution in [2.24, 2.45) is 0 Å². The lowest BCUT2D eigenvalue weighted by molar-refractivity contribution is 0.0685. The molecule has 0 bridgehead atoms. The van der Waals surface area contributed by atoms with Crippen LogP contribution in [0.1, 0.15) is 41.4 Å². The summed E-state index contributed by atoms with van der Waals surface area (Å²) in [5, 5.41) is 140. The minimum absolute atomic E-state index is 0. The summed E-state index contributed by atoms with van der Waals surface area (Å²) in [5.74, 6) is -13.3. The highest BCUT2D eigenvalue weighted by molar-refractivity contribution is 5.91. The van der Waals surface area contributed by atoms with E-state index < -0.39 is 92.9 Å². The van der Waals surface area contributed by atoms with Crippen molar-refractivity contribution in [2.45, 2.75) is 0 Å². The smallest absolute Gasteiger partial charge is 0.335 e. The summed E-state index contributed by atoms with van der Waals surface area (Å²) < 4.78 is 0. The number of aromatic carboxylic acids is 4. The van der Waals surface area contributed by atoms with Gasteiger partial charge in [0.25, 0.3) is 0 Å². The van der Waals surface area contributed by atoms with Crippen LogP contribution in [0.4, 0.5) is 0 Å². The quantitative estimate of drug-likeness (QED) is 0.101. The van der Waals surface area contributed by atoms with E-state index >= 15 is 0 Å². The van der Waals surface area contributed by atoms with Gasteiger partial charge in [0.2, 0.25) is 0 Å². The van der Waals surface area contributed by atoms with Crippen molar-refractivity contribution in [3.63, 3.8) is 0 Å². The molecule has 4 aromatic rings. The monoisotopic (exact) mass is 712 g/mol. The number of rotatable bonds is 4. The number of carboxylic acid groups (broad SMARTS) is 4. The molecule has 0 aliphatic carbocycles. The molecule has 0 unspecified atom stereocenters. The standard InChI is InChI=1S/4C7H6O5.H4Si/c4*8-4-1-3(7(11)12)2-5(9)6(4)10;/h4*1-2,8-10H,(H,11,12);1H4. The van der Waals surface area contributed by atoms with Crippen LogP contribution in [-0.4, -0.2) is 117 Å². The van der Waals surface area contributed by atoms with Gasteiger partial charge in [-0.1, -0.05) is 0 Å². The molecular formula is C28H28O20Si. The molecule has 0 aliphatic rings. The van der Waals surface area contributed by atoms with E-state index in [4.69, 9.17) is 81.7 Å². The lowest BCUT2D eigenvalue weighted by Crippen LogP contribution is -1.95. The number of carboxylic acids is 4. The summed E-state index contributed by atoms with van der Waals surface area (Å²) in [6.07, 6.45) is 0. The molecule has 0 saturated carbocycles. The van der Waals surface area contributed by atoms with Crippen LogP contribution in [0.25, 0.3) is 0 Å². The fraction of sp³-hybridized carbons (Fsp3) is 0. The predicted molar refractivity (Wildman–Crippen MR) is 165 cm³/mol. The fourth-order valence-electron chi connectivity index (χ4n) is 2.91. The van der Waals surface area contributed by atoms with Crippen LogP contribution >= 0.6 is 0 Å². The third-order valence-electron chi connectivity index (χ3n) is 5.27. The van der Waals surface area contributed by atoms with E-state index in [0.29, 0.717) is 0 Å². The molecule has 20 nitrogen and oxygen atoms in total. The first kappa shape index (κ1) is 41.6. The molecule has 4 rings (SSSR count). The van der Waals surface area contributed by atoms with Gasteiger partial charge in [-0.25, -0.2) is 19.2 Å². The summed E-state index contributed by atoms with van der Waals surface area (Å²) in [5.41, 5.74) is -1.16. The summed E-state index contributed by atoms with van der Waals surface area (Å²) in [6, 6.07) is 6.76. The van der Waals surface area contributed by atoms with E-state index in [9.17, 15) is 19.2 Å². The van der Waals surface area contributed by atoms with E-state index in [0.717, 1.165) is 48.5 Å². The van der Waals surface area contributed by atoms with Crippen molar-refractivity contribution in [3.8, 4) is 69.0 Å². The minimum atomic E-state index is -1.29. The number of hydrogen-bond donors (Lipinski definition) is 16. The van der Waals surface area contributed by atoms with Crippen molar-refractivity contribution >= 4 is 34.8 Å². The van der Waals surface area contributed by atoms with Crippen molar-refractivity contribution in [3.05, 3.63) is 70.8 Å². The third-order valence-corrected chi connectivity index (χ3v) is 5.27. The summed E-state index contributed by atoms with van der Waals surface area (Å²) in [7, 11) is 0. The highest BCUT2D eigenvalue weighted by Gasteiger charge is 2.14. The molecular weight excluding hydrogens is 684 g/mol. The van der Waals surface area contributed by atoms with Gasteiger partial charge in [-0.05, 0) is 59.5 Å². The molecule has 0 radical (unpaired) electrons. The second-order valence-corrected chi connectivity index (χ2v) is 8.67. The Hall–Kier alpha value is -7.42. The van der Waals surface area contributed by atoms with E-state index in [1.54, 1.807) is 0 Å². The number of phenolic OH excluding ortho intramolecular Hbond substituents is 12. The fourth-order valence-corrected chi connectivity index (χ4v) is 2.91. The van der Waals surface area contributed by atoms with Crippen molar-refractivity contribution in [2.75, 3.05) is 0 Å². The molecule has 0 amide bonds. The second-order valence-electron chi connectivity index (χ2n) is 8.67. The Morgan fingerprint density at radius 2 is 0.388 bits per heavy atom. The number of hydrogen-bond acceptors (Lipinski definition) is 16. The van der Waals surface area contributed by atoms with E-state index in [-0.39, 0.29) is 33.2 Å². The minimum Gasteiger partial charge on any atom is -0.504 e. The van der Waals surface area contributed by atoms with Crippen LogP contribution in [0.5, 0.6) is 69.0 Å². The SMILES string of the molecule is O=C(O)c1cc(O)c(O)c(O)c1.O=C(O)c1cc(O)c(O)c(O)c1.O=C(O)c1cc(O)c(O)c(O)c1.O=C(O)c1cc(O)c(O)c(O)c1.[SiH4]. The first-order chi connectivity index (χ1) is 22.1. The molecule has 0 atom stereocenters. The number of aromatic hydroxyl groups is 12. The van der Waals surface area contributed by atoms with Crippen molar-refractivity contribution in [1.82, 2.24) is 0 Å². The Bertz CT molecular complexity index is 1510. The van der Waals surface area contributed by atoms with Crippen molar-refractivity contribution < 1.29 is 101 Å². The molecule has 16 N–H and O–H groups in total. The van der Waals surface area contributed by atoms with Crippen LogP contribution in [-0.2, 0) is 0 Å². The first-order valence-corrected chi connectivity index (χ1v) is 12.0. The van der Waals surface area contributed by atoms with Crippen LogP contribution in [0.3, 0.4) is 0 Å². The van der Waals surface area contributed by atoms with Gasteiger partial charge in [-0.15, -0.1) is 0 Å². The molecule has 0 aliphatic heterocycles. The summed E-state index contributed by atoms with van der Waals surface area (Å²) in [6.45, 7) is 0. The molecule has 0 spiro atoms. The van der Waals surface area contributed by atoms with Gasteiger partial charge < -0.3 is 81.7 Å². The zero-order valence-electron chi connectivity index (χ0n) is 23.4. The van der Waals surface area contributed by atoms with Gasteiger partial charge in [0, 0.05) is 0 Å². The third kappa shape index (κ3) is 11.5. The topological polar surface area (TPSA) is 392 Å². The van der Waals surface area contributed by atoms with Gasteiger partial charge in [-0.2, -0.15) is 0 Å². The average Bonchev–Trinajstić information content (AvgIpc) is 2.99. The molecule has 49 heavy (non-hydrogen) atoms. The summed E-state index contributed by atoms with van der Waals surface area (Å²) in [4.78, 5) is 41.3. The first-order valence-electron chi connectivity index (χ1n) is 12.0. The number of benzene rings is 4. The molecule has 4 aromatic carbocycles. The maximum atomic E-state index is 10.3. The van der Waals surface area contributed by atoms with Gasteiger partial charge in [0.05, 0.1) is 22.3 Å². The molecule has 0 saturated heterocycles. The Morgan fingerprint density at radius 3 is 0.469 bits per heavy atom. The molecule has 0 heterocycles. The van der Waals surface area contributed by atoms with Gasteiger partial charge >= 0.3 is 23.9 Å². The molecule has 264 valence electrons. The van der Waals surface area contributed by atoms with Crippen LogP contribution in [0.15, 0.2) is 48.5 Å². The lowest BCUT2D eigenvalue weighted by atomic mass is 10.2. The zero-order chi connectivity index (χ0) is 37.2. The zero-order valence-corrected chi connectivity index (χ0v) is 23.4. The molecule has 0 aromatic heterocycles. The molecule has 21 heteroatoms. The largest absolute Gasteiger partial charge is 0.504 e. The van der Waals surface area contributed by atoms with E-state index in [1.165, 1.54) is 0 Å². The van der Waals surface area contributed by atoms with Crippen molar-refractivity contribution in [1.29, 1.82) is 0 Å². The van der Waals surface area contributed by atoms with Crippen LogP contribution in [0.2, 0.25) is 0 Å². The molecule has 0 fully saturated rings. The summed E-state index contributed by atoms with van der Waals surface area (Å²) >= 11 is 0. The Morgan fingerprint density at radius 1 is 0.286 bits per heavy atom. The van der Waals surface area contributed by atoms with Gasteiger partial charge in [0.15, 0.2) is 69.0 Å². The van der Waals surface area contributed by atoms with Gasteiger partial charge in [0.1, 0.15) is 0 Å². The Kier molecular flexibility index (Phi) is 14.7. The normalized spacial score (nSPS) is 9.47. The Balaban J connectivity index is 0.000000623. The Labute approximate surface area is 275 Å².